The van der Waals surface area contributed by atoms with Gasteiger partial charge < -0.3 is 17.3 Å². The van der Waals surface area contributed by atoms with Crippen LogP contribution in [0.15, 0.2) is 36.4 Å². The first-order valence-electron chi connectivity index (χ1n) is 4.91. The predicted octanol–water partition coefficient (Wildman–Crippen LogP) is 3.81. The van der Waals surface area contributed by atoms with Crippen LogP contribution in [-0.2, 0) is 53.8 Å². The van der Waals surface area contributed by atoms with E-state index >= 15 is 0 Å². The van der Waals surface area contributed by atoms with Gasteiger partial charge in [0.2, 0.25) is 5.97 Å². The second-order valence-corrected chi connectivity index (χ2v) is 2.78. The first kappa shape index (κ1) is 23.1. The van der Waals surface area contributed by atoms with Crippen molar-refractivity contribution in [2.75, 3.05) is 0 Å². The fourth-order valence-corrected chi connectivity index (χ4v) is 1.25. The Balaban J connectivity index is -0.000000429. The standard InChI is InChI=1S/C11H7O2.C2H6.CH3.W.Y/c12-11(13)10-6-5-8-3-1-2-4-9(8)7-10;1-2;;;/h1-5,7H,(H,12,13);1-2H3;1H3;;/q-1;;-1;;. The molecule has 2 rings (SSSR count). The Morgan fingerprint density at radius 3 is 2.17 bits per heavy atom. The maximum Gasteiger partial charge on any atom is 0.247 e. The van der Waals surface area contributed by atoms with Gasteiger partial charge in [-0.05, 0) is 0 Å². The average molecular weight is 489 g/mol. The number of benzene rings is 2. The van der Waals surface area contributed by atoms with E-state index in [0.29, 0.717) is 0 Å². The van der Waals surface area contributed by atoms with Gasteiger partial charge in [-0.25, -0.2) is 0 Å². The minimum absolute atomic E-state index is 0. The quantitative estimate of drug-likeness (QED) is 0.620. The van der Waals surface area contributed by atoms with Crippen LogP contribution in [0.3, 0.4) is 0 Å². The summed E-state index contributed by atoms with van der Waals surface area (Å²) >= 11 is 0. The molecule has 0 aliphatic rings. The van der Waals surface area contributed by atoms with Gasteiger partial charge in [0.1, 0.15) is 0 Å². The summed E-state index contributed by atoms with van der Waals surface area (Å²) in [7, 11) is 0. The zero-order valence-electron chi connectivity index (χ0n) is 10.8. The van der Waals surface area contributed by atoms with Gasteiger partial charge in [-0.1, -0.05) is 49.1 Å². The van der Waals surface area contributed by atoms with Crippen LogP contribution in [0.1, 0.15) is 24.2 Å². The van der Waals surface area contributed by atoms with Gasteiger partial charge in [0.25, 0.3) is 0 Å². The summed E-state index contributed by atoms with van der Waals surface area (Å²) < 4.78 is 0. The Kier molecular flexibility index (Phi) is 15.4. The van der Waals surface area contributed by atoms with Crippen molar-refractivity contribution in [3.05, 3.63) is 55.5 Å². The van der Waals surface area contributed by atoms with E-state index in [9.17, 15) is 4.79 Å². The number of carbonyl (C=O) groups is 1. The molecule has 4 heteroatoms. The Hall–Kier alpha value is -0.0378. The summed E-state index contributed by atoms with van der Waals surface area (Å²) in [5.74, 6) is -0.939. The first-order valence-corrected chi connectivity index (χ1v) is 4.91. The van der Waals surface area contributed by atoms with Crippen molar-refractivity contribution in [1.29, 1.82) is 0 Å². The third-order valence-corrected chi connectivity index (χ3v) is 1.91. The summed E-state index contributed by atoms with van der Waals surface area (Å²) in [5, 5.41) is 10.6. The third kappa shape index (κ3) is 6.22. The molecule has 0 atom stereocenters. The van der Waals surface area contributed by atoms with Crippen molar-refractivity contribution in [2.24, 2.45) is 0 Å². The molecule has 0 saturated carbocycles. The molecule has 0 aliphatic carbocycles. The van der Waals surface area contributed by atoms with E-state index in [-0.39, 0.29) is 66.8 Å². The Bertz CT molecular complexity index is 472. The van der Waals surface area contributed by atoms with Crippen LogP contribution in [0, 0.1) is 13.5 Å². The molecule has 0 aromatic heterocycles. The van der Waals surface area contributed by atoms with Gasteiger partial charge in [0.05, 0.1) is 0 Å². The van der Waals surface area contributed by atoms with E-state index in [2.05, 4.69) is 6.07 Å². The molecule has 0 unspecified atom stereocenters. The monoisotopic (exact) mass is 489 g/mol. The van der Waals surface area contributed by atoms with E-state index in [1.54, 1.807) is 12.1 Å². The number of hydrogen-bond donors (Lipinski definition) is 1. The van der Waals surface area contributed by atoms with E-state index in [1.807, 2.05) is 38.1 Å². The number of rotatable bonds is 1. The van der Waals surface area contributed by atoms with Gasteiger partial charge >= 0.3 is 0 Å². The fraction of sp³-hybridized carbons (Fsp3) is 0.143. The molecule has 2 aromatic carbocycles. The van der Waals surface area contributed by atoms with Gasteiger partial charge in [-0.2, -0.15) is 0 Å². The molecule has 2 nitrogen and oxygen atoms in total. The molecule has 2 aromatic rings. The van der Waals surface area contributed by atoms with E-state index in [4.69, 9.17) is 5.11 Å². The maximum atomic E-state index is 10.6. The Morgan fingerprint density at radius 2 is 1.67 bits per heavy atom. The predicted molar refractivity (Wildman–Crippen MR) is 67.5 cm³/mol. The summed E-state index contributed by atoms with van der Waals surface area (Å²) in [5.41, 5.74) is 0.207. The van der Waals surface area contributed by atoms with Crippen LogP contribution in [0.2, 0.25) is 0 Å². The van der Waals surface area contributed by atoms with Gasteiger partial charge in [0, 0.05) is 53.8 Å². The van der Waals surface area contributed by atoms with Crippen LogP contribution in [0.25, 0.3) is 10.8 Å². The number of hydrogen-bond acceptors (Lipinski definition) is 1. The average Bonchev–Trinajstić information content (AvgIpc) is 2.31. The number of fused-ring (bicyclic) bond motifs is 1. The number of carboxylic acids is 1. The normalized spacial score (nSPS) is 7.67. The molecular formula is C14H16O2WY-2. The molecule has 1 N–H and O–H groups in total. The van der Waals surface area contributed by atoms with E-state index in [0.717, 1.165) is 10.8 Å². The molecule has 1 radical (unpaired) electrons. The topological polar surface area (TPSA) is 37.3 Å². The largest absolute Gasteiger partial charge is 0.521 e. The minimum atomic E-state index is -0.939. The van der Waals surface area contributed by atoms with Crippen molar-refractivity contribution < 1.29 is 63.7 Å². The number of aromatic carboxylic acids is 1. The minimum Gasteiger partial charge on any atom is -0.521 e. The molecule has 0 heterocycles. The first-order chi connectivity index (χ1) is 7.27. The van der Waals surface area contributed by atoms with Crippen molar-refractivity contribution in [1.82, 2.24) is 0 Å². The van der Waals surface area contributed by atoms with Gasteiger partial charge in [-0.3, -0.25) is 0 Å². The summed E-state index contributed by atoms with van der Waals surface area (Å²) in [6.07, 6.45) is 0. The van der Waals surface area contributed by atoms with Crippen LogP contribution in [0.5, 0.6) is 0 Å². The van der Waals surface area contributed by atoms with Crippen LogP contribution in [-0.4, -0.2) is 11.1 Å². The van der Waals surface area contributed by atoms with Gasteiger partial charge in [-0.15, -0.1) is 23.6 Å². The van der Waals surface area contributed by atoms with Crippen molar-refractivity contribution in [3.63, 3.8) is 0 Å². The second kappa shape index (κ2) is 12.0. The molecule has 0 spiro atoms. The summed E-state index contributed by atoms with van der Waals surface area (Å²) in [4.78, 5) is 10.6. The smallest absolute Gasteiger partial charge is 0.247 e. The maximum absolute atomic E-state index is 10.6. The van der Waals surface area contributed by atoms with E-state index in [1.165, 1.54) is 0 Å². The number of carboxylic acid groups (broad SMARTS) is 1. The van der Waals surface area contributed by atoms with Crippen molar-refractivity contribution in [2.45, 2.75) is 13.8 Å². The Morgan fingerprint density at radius 1 is 1.17 bits per heavy atom. The Labute approximate surface area is 148 Å². The molecule has 0 saturated heterocycles. The van der Waals surface area contributed by atoms with Crippen molar-refractivity contribution in [3.8, 4) is 0 Å². The SMILES string of the molecule is CC.O=C(O)c1[c-]cc2ccccc2c1.[CH3-].[W].[Y]. The molecule has 0 fully saturated rings. The van der Waals surface area contributed by atoms with Crippen LogP contribution < -0.4 is 0 Å². The molecule has 0 bridgehead atoms. The van der Waals surface area contributed by atoms with Crippen molar-refractivity contribution >= 4 is 16.7 Å². The molecule has 95 valence electrons. The summed E-state index contributed by atoms with van der Waals surface area (Å²) in [6.45, 7) is 4.00. The van der Waals surface area contributed by atoms with Crippen LogP contribution in [0.4, 0.5) is 0 Å². The molecule has 0 amide bonds. The molecule has 18 heavy (non-hydrogen) atoms. The van der Waals surface area contributed by atoms with Crippen LogP contribution >= 0.6 is 0 Å². The molecule has 0 aliphatic heterocycles. The molecular weight excluding hydrogens is 473 g/mol. The third-order valence-electron chi connectivity index (χ3n) is 1.91. The van der Waals surface area contributed by atoms with Gasteiger partial charge in [0.15, 0.2) is 0 Å². The zero-order valence-corrected chi connectivity index (χ0v) is 16.6. The second-order valence-electron chi connectivity index (χ2n) is 2.78. The summed E-state index contributed by atoms with van der Waals surface area (Å²) in [6, 6.07) is 13.6. The fourth-order valence-electron chi connectivity index (χ4n) is 1.25. The zero-order chi connectivity index (χ0) is 11.3. The van der Waals surface area contributed by atoms with E-state index < -0.39 is 5.97 Å².